The second-order valence-electron chi connectivity index (χ2n) is 4.99. The van der Waals surface area contributed by atoms with Crippen LogP contribution in [0.4, 0.5) is 0 Å². The average molecular weight is 283 g/mol. The van der Waals surface area contributed by atoms with Crippen LogP contribution in [-0.4, -0.2) is 24.0 Å². The smallest absolute Gasteiger partial charge is 0.188 e. The maximum Gasteiger partial charge on any atom is 0.188 e. The van der Waals surface area contributed by atoms with Gasteiger partial charge in [-0.2, -0.15) is 0 Å². The SMILES string of the molecule is CCCc1ccc(C(=O)COCCc2ccccn2)cc1. The van der Waals surface area contributed by atoms with Gasteiger partial charge in [0.15, 0.2) is 5.78 Å². The van der Waals surface area contributed by atoms with E-state index in [4.69, 9.17) is 4.74 Å². The molecule has 0 aliphatic heterocycles. The molecule has 0 saturated carbocycles. The predicted molar refractivity (Wildman–Crippen MR) is 83.5 cm³/mol. The molecule has 0 spiro atoms. The van der Waals surface area contributed by atoms with E-state index in [9.17, 15) is 4.79 Å². The zero-order valence-corrected chi connectivity index (χ0v) is 12.4. The number of nitrogens with zero attached hydrogens (tertiary/aromatic N) is 1. The Kier molecular flexibility index (Phi) is 6.10. The van der Waals surface area contributed by atoms with Crippen molar-refractivity contribution in [3.8, 4) is 0 Å². The Balaban J connectivity index is 1.74. The third kappa shape index (κ3) is 5.12. The highest BCUT2D eigenvalue weighted by Gasteiger charge is 2.06. The van der Waals surface area contributed by atoms with Gasteiger partial charge < -0.3 is 4.74 Å². The summed E-state index contributed by atoms with van der Waals surface area (Å²) in [6.07, 6.45) is 4.65. The number of carbonyl (C=O) groups is 1. The van der Waals surface area contributed by atoms with Crippen molar-refractivity contribution in [2.45, 2.75) is 26.2 Å². The van der Waals surface area contributed by atoms with Gasteiger partial charge in [0.2, 0.25) is 0 Å². The Hall–Kier alpha value is -2.00. The molecule has 0 amide bonds. The Bertz CT molecular complexity index is 549. The second-order valence-corrected chi connectivity index (χ2v) is 4.99. The zero-order valence-electron chi connectivity index (χ0n) is 12.4. The quantitative estimate of drug-likeness (QED) is 0.550. The molecule has 2 aromatic rings. The molecule has 0 bridgehead atoms. The van der Waals surface area contributed by atoms with Gasteiger partial charge in [-0.05, 0) is 24.1 Å². The highest BCUT2D eigenvalue weighted by atomic mass is 16.5. The number of rotatable bonds is 8. The molecule has 3 heteroatoms. The number of hydrogen-bond acceptors (Lipinski definition) is 3. The van der Waals surface area contributed by atoms with Crippen LogP contribution in [0.2, 0.25) is 0 Å². The van der Waals surface area contributed by atoms with Crippen LogP contribution in [0.1, 0.15) is 35.0 Å². The maximum absolute atomic E-state index is 12.0. The summed E-state index contributed by atoms with van der Waals surface area (Å²) in [5.41, 5.74) is 2.96. The molecule has 0 N–H and O–H groups in total. The molecular formula is C18H21NO2. The fourth-order valence-corrected chi connectivity index (χ4v) is 2.12. The number of carbonyl (C=O) groups excluding carboxylic acids is 1. The van der Waals surface area contributed by atoms with Gasteiger partial charge in [-0.25, -0.2) is 0 Å². The molecule has 1 heterocycles. The van der Waals surface area contributed by atoms with E-state index in [0.29, 0.717) is 12.2 Å². The van der Waals surface area contributed by atoms with E-state index in [1.807, 2.05) is 42.5 Å². The lowest BCUT2D eigenvalue weighted by atomic mass is 10.1. The molecule has 0 radical (unpaired) electrons. The van der Waals surface area contributed by atoms with E-state index < -0.39 is 0 Å². The Morgan fingerprint density at radius 3 is 2.57 bits per heavy atom. The van der Waals surface area contributed by atoms with Crippen LogP contribution in [0.25, 0.3) is 0 Å². The zero-order chi connectivity index (χ0) is 14.9. The van der Waals surface area contributed by atoms with Crippen molar-refractivity contribution < 1.29 is 9.53 Å². The lowest BCUT2D eigenvalue weighted by Crippen LogP contribution is -2.11. The minimum absolute atomic E-state index is 0.0269. The van der Waals surface area contributed by atoms with Gasteiger partial charge >= 0.3 is 0 Å². The fraction of sp³-hybridized carbons (Fsp3) is 0.333. The molecule has 0 atom stereocenters. The van der Waals surface area contributed by atoms with Crippen molar-refractivity contribution in [1.82, 2.24) is 4.98 Å². The molecule has 110 valence electrons. The number of aryl methyl sites for hydroxylation is 1. The largest absolute Gasteiger partial charge is 0.373 e. The van der Waals surface area contributed by atoms with Crippen molar-refractivity contribution in [3.63, 3.8) is 0 Å². The first-order chi connectivity index (χ1) is 10.3. The number of Topliss-reactive ketones (excluding diaryl/α,β-unsaturated/α-hetero) is 1. The molecular weight excluding hydrogens is 262 g/mol. The third-order valence-corrected chi connectivity index (χ3v) is 3.28. The summed E-state index contributed by atoms with van der Waals surface area (Å²) in [6, 6.07) is 13.6. The van der Waals surface area contributed by atoms with Gasteiger partial charge in [0.1, 0.15) is 6.61 Å². The van der Waals surface area contributed by atoms with Crippen molar-refractivity contribution in [2.24, 2.45) is 0 Å². The molecule has 21 heavy (non-hydrogen) atoms. The fourth-order valence-electron chi connectivity index (χ4n) is 2.12. The average Bonchev–Trinajstić information content (AvgIpc) is 2.53. The molecule has 0 aliphatic rings. The number of ether oxygens (including phenoxy) is 1. The lowest BCUT2D eigenvalue weighted by molar-refractivity contribution is 0.0764. The lowest BCUT2D eigenvalue weighted by Gasteiger charge is -2.05. The standard InChI is InChI=1S/C18H21NO2/c1-2-5-15-7-9-16(10-8-15)18(20)14-21-13-11-17-6-3-4-12-19-17/h3-4,6-10,12H,2,5,11,13-14H2,1H3. The molecule has 0 unspecified atom stereocenters. The van der Waals surface area contributed by atoms with Crippen LogP contribution in [0.5, 0.6) is 0 Å². The summed E-state index contributed by atoms with van der Waals surface area (Å²) in [5, 5.41) is 0. The first-order valence-corrected chi connectivity index (χ1v) is 7.39. The Labute approximate surface area is 126 Å². The molecule has 1 aromatic heterocycles. The first-order valence-electron chi connectivity index (χ1n) is 7.39. The summed E-state index contributed by atoms with van der Waals surface area (Å²) in [5.74, 6) is 0.0269. The third-order valence-electron chi connectivity index (χ3n) is 3.28. The van der Waals surface area contributed by atoms with Crippen molar-refractivity contribution in [3.05, 3.63) is 65.5 Å². The number of aromatic nitrogens is 1. The molecule has 0 fully saturated rings. The normalized spacial score (nSPS) is 10.5. The summed E-state index contributed by atoms with van der Waals surface area (Å²) in [7, 11) is 0. The van der Waals surface area contributed by atoms with E-state index in [1.165, 1.54) is 5.56 Å². The van der Waals surface area contributed by atoms with Crippen LogP contribution in [0, 0.1) is 0 Å². The van der Waals surface area contributed by atoms with E-state index in [1.54, 1.807) is 6.20 Å². The van der Waals surface area contributed by atoms with Crippen molar-refractivity contribution in [1.29, 1.82) is 0 Å². The number of pyridine rings is 1. The van der Waals surface area contributed by atoms with E-state index in [2.05, 4.69) is 11.9 Å². The van der Waals surface area contributed by atoms with Crippen LogP contribution >= 0.6 is 0 Å². The topological polar surface area (TPSA) is 39.2 Å². The van der Waals surface area contributed by atoms with Gasteiger partial charge in [0.25, 0.3) is 0 Å². The van der Waals surface area contributed by atoms with Crippen LogP contribution < -0.4 is 0 Å². The number of hydrogen-bond donors (Lipinski definition) is 0. The molecule has 1 aromatic carbocycles. The second kappa shape index (κ2) is 8.32. The van der Waals surface area contributed by atoms with Crippen molar-refractivity contribution in [2.75, 3.05) is 13.2 Å². The summed E-state index contributed by atoms with van der Waals surface area (Å²) >= 11 is 0. The van der Waals surface area contributed by atoms with Crippen LogP contribution in [0.15, 0.2) is 48.7 Å². The van der Waals surface area contributed by atoms with Gasteiger partial charge in [-0.15, -0.1) is 0 Å². The van der Waals surface area contributed by atoms with Crippen LogP contribution in [-0.2, 0) is 17.6 Å². The van der Waals surface area contributed by atoms with Crippen molar-refractivity contribution >= 4 is 5.78 Å². The summed E-state index contributed by atoms with van der Waals surface area (Å²) < 4.78 is 5.44. The minimum atomic E-state index is 0.0269. The van der Waals surface area contributed by atoms with E-state index in [-0.39, 0.29) is 12.4 Å². The number of ketones is 1. The highest BCUT2D eigenvalue weighted by Crippen LogP contribution is 2.07. The van der Waals surface area contributed by atoms with E-state index in [0.717, 1.165) is 25.0 Å². The molecule has 0 saturated heterocycles. The van der Waals surface area contributed by atoms with E-state index >= 15 is 0 Å². The highest BCUT2D eigenvalue weighted by molar-refractivity contribution is 5.97. The predicted octanol–water partition coefficient (Wildman–Crippen LogP) is 3.48. The molecule has 0 aliphatic carbocycles. The van der Waals surface area contributed by atoms with Gasteiger partial charge in [0.05, 0.1) is 6.61 Å². The van der Waals surface area contributed by atoms with Gasteiger partial charge in [-0.3, -0.25) is 9.78 Å². The van der Waals surface area contributed by atoms with Gasteiger partial charge in [-0.1, -0.05) is 43.7 Å². The maximum atomic E-state index is 12.0. The van der Waals surface area contributed by atoms with Crippen LogP contribution in [0.3, 0.4) is 0 Å². The molecule has 2 rings (SSSR count). The molecule has 3 nitrogen and oxygen atoms in total. The Morgan fingerprint density at radius 1 is 1.10 bits per heavy atom. The summed E-state index contributed by atoms with van der Waals surface area (Å²) in [6.45, 7) is 2.78. The summed E-state index contributed by atoms with van der Waals surface area (Å²) in [4.78, 5) is 16.2. The number of benzene rings is 1. The monoisotopic (exact) mass is 283 g/mol. The minimum Gasteiger partial charge on any atom is -0.373 e. The van der Waals surface area contributed by atoms with Gasteiger partial charge in [0, 0.05) is 23.9 Å². The first kappa shape index (κ1) is 15.4. The Morgan fingerprint density at radius 2 is 1.90 bits per heavy atom.